The number of piperazine rings is 1. The van der Waals surface area contributed by atoms with Crippen molar-refractivity contribution in [2.75, 3.05) is 48.4 Å². The van der Waals surface area contributed by atoms with E-state index < -0.39 is 5.60 Å². The maximum absolute atomic E-state index is 13.2. The average Bonchev–Trinajstić information content (AvgIpc) is 3.53. The molecule has 3 amide bonds. The Morgan fingerprint density at radius 2 is 1.79 bits per heavy atom. The predicted octanol–water partition coefficient (Wildman–Crippen LogP) is 4.62. The number of rotatable bonds is 5. The van der Waals surface area contributed by atoms with Crippen LogP contribution in [0, 0.1) is 0 Å². The Bertz CT molecular complexity index is 1410. The van der Waals surface area contributed by atoms with Crippen LogP contribution >= 0.6 is 11.3 Å². The maximum atomic E-state index is 13.2. The molecular formula is C28H31N5O5S. The Labute approximate surface area is 231 Å². The normalized spacial score (nSPS) is 15.3. The summed E-state index contributed by atoms with van der Waals surface area (Å²) in [5.74, 6) is 0.0947. The topological polar surface area (TPSA) is 104 Å². The van der Waals surface area contributed by atoms with Crippen molar-refractivity contribution >= 4 is 45.8 Å². The first-order valence-electron chi connectivity index (χ1n) is 12.7. The van der Waals surface area contributed by atoms with E-state index in [4.69, 9.17) is 9.47 Å². The molecule has 1 saturated heterocycles. The van der Waals surface area contributed by atoms with Gasteiger partial charge < -0.3 is 24.6 Å². The van der Waals surface area contributed by atoms with Crippen molar-refractivity contribution in [3.63, 3.8) is 0 Å². The zero-order valence-electron chi connectivity index (χ0n) is 22.4. The first kappa shape index (κ1) is 26.5. The molecule has 0 saturated carbocycles. The van der Waals surface area contributed by atoms with Crippen LogP contribution in [0.3, 0.4) is 0 Å². The second kappa shape index (κ2) is 10.6. The average molecular weight is 550 g/mol. The molecule has 3 heterocycles. The molecular weight excluding hydrogens is 518 g/mol. The van der Waals surface area contributed by atoms with Crippen molar-refractivity contribution in [3.05, 3.63) is 64.7 Å². The number of fused-ring (bicyclic) bond motifs is 1. The van der Waals surface area contributed by atoms with Gasteiger partial charge in [-0.05, 0) is 50.6 Å². The molecule has 2 aliphatic rings. The number of hydrogen-bond donors (Lipinski definition) is 1. The van der Waals surface area contributed by atoms with E-state index in [9.17, 15) is 14.4 Å². The van der Waals surface area contributed by atoms with Crippen LogP contribution in [0.15, 0.2) is 47.8 Å². The number of anilines is 3. The van der Waals surface area contributed by atoms with E-state index in [2.05, 4.69) is 15.2 Å². The molecule has 5 rings (SSSR count). The largest absolute Gasteiger partial charge is 0.497 e. The summed E-state index contributed by atoms with van der Waals surface area (Å²) in [6.07, 6.45) is -0.318. The number of aromatic nitrogens is 1. The Balaban J connectivity index is 1.24. The lowest BCUT2D eigenvalue weighted by atomic mass is 10.1. The Morgan fingerprint density at radius 3 is 2.51 bits per heavy atom. The zero-order chi connectivity index (χ0) is 27.7. The van der Waals surface area contributed by atoms with Crippen molar-refractivity contribution in [1.29, 1.82) is 0 Å². The second-order valence-electron chi connectivity index (χ2n) is 10.4. The lowest BCUT2D eigenvalue weighted by Gasteiger charge is -2.37. The van der Waals surface area contributed by atoms with Crippen LogP contribution < -0.4 is 19.9 Å². The lowest BCUT2D eigenvalue weighted by molar-refractivity contribution is 0.0240. The van der Waals surface area contributed by atoms with Crippen molar-refractivity contribution in [3.8, 4) is 5.75 Å². The first-order valence-corrected chi connectivity index (χ1v) is 13.6. The van der Waals surface area contributed by atoms with Crippen LogP contribution in [-0.2, 0) is 11.3 Å². The van der Waals surface area contributed by atoms with Crippen LogP contribution in [0.25, 0.3) is 0 Å². The number of methoxy groups -OCH3 is 1. The molecule has 0 aliphatic carbocycles. The van der Waals surface area contributed by atoms with Crippen LogP contribution in [0.2, 0.25) is 0 Å². The third kappa shape index (κ3) is 5.68. The maximum Gasteiger partial charge on any atom is 0.410 e. The van der Waals surface area contributed by atoms with Gasteiger partial charge in [-0.25, -0.2) is 9.78 Å². The van der Waals surface area contributed by atoms with Gasteiger partial charge in [-0.15, -0.1) is 11.3 Å². The number of carbonyl (C=O) groups is 3. The number of carbonyl (C=O) groups excluding carboxylic acids is 3. The number of hydrogen-bond acceptors (Lipinski definition) is 8. The monoisotopic (exact) mass is 549 g/mol. The highest BCUT2D eigenvalue weighted by Gasteiger charge is 2.32. The van der Waals surface area contributed by atoms with E-state index in [0.29, 0.717) is 54.9 Å². The summed E-state index contributed by atoms with van der Waals surface area (Å²) in [7, 11) is 1.56. The Morgan fingerprint density at radius 1 is 1.05 bits per heavy atom. The minimum atomic E-state index is -0.541. The van der Waals surface area contributed by atoms with Gasteiger partial charge in [0.05, 0.1) is 25.0 Å². The molecule has 0 bridgehead atoms. The molecule has 0 spiro atoms. The van der Waals surface area contributed by atoms with Gasteiger partial charge in [-0.2, -0.15) is 0 Å². The molecule has 204 valence electrons. The van der Waals surface area contributed by atoms with Gasteiger partial charge in [0.1, 0.15) is 17.0 Å². The number of thiazole rings is 1. The van der Waals surface area contributed by atoms with Crippen LogP contribution in [0.4, 0.5) is 21.3 Å². The molecule has 3 aromatic rings. The molecule has 2 aliphatic heterocycles. The molecule has 1 N–H and O–H groups in total. The minimum Gasteiger partial charge on any atom is -0.497 e. The summed E-state index contributed by atoms with van der Waals surface area (Å²) in [5.41, 5.74) is 2.68. The molecule has 0 atom stereocenters. The van der Waals surface area contributed by atoms with E-state index >= 15 is 0 Å². The second-order valence-corrected chi connectivity index (χ2v) is 11.2. The van der Waals surface area contributed by atoms with E-state index in [-0.39, 0.29) is 23.6 Å². The molecule has 1 aromatic heterocycles. The summed E-state index contributed by atoms with van der Waals surface area (Å²) in [6.45, 7) is 8.20. The smallest absolute Gasteiger partial charge is 0.410 e. The Kier molecular flexibility index (Phi) is 7.17. The van der Waals surface area contributed by atoms with Crippen molar-refractivity contribution in [1.82, 2.24) is 9.88 Å². The number of para-hydroxylation sites is 2. The summed E-state index contributed by atoms with van der Waals surface area (Å²) < 4.78 is 10.7. The van der Waals surface area contributed by atoms with Gasteiger partial charge in [0.2, 0.25) is 0 Å². The highest BCUT2D eigenvalue weighted by atomic mass is 32.1. The number of amides is 3. The van der Waals surface area contributed by atoms with Crippen molar-refractivity contribution in [2.24, 2.45) is 0 Å². The predicted molar refractivity (Wildman–Crippen MR) is 150 cm³/mol. The fourth-order valence-electron chi connectivity index (χ4n) is 4.55. The van der Waals surface area contributed by atoms with Crippen LogP contribution in [-0.4, -0.2) is 66.7 Å². The van der Waals surface area contributed by atoms with Gasteiger partial charge >= 0.3 is 6.09 Å². The van der Waals surface area contributed by atoms with Crippen LogP contribution in [0.5, 0.6) is 5.75 Å². The molecule has 1 fully saturated rings. The fourth-order valence-corrected chi connectivity index (χ4v) is 5.35. The third-order valence-corrected chi connectivity index (χ3v) is 7.36. The molecule has 39 heavy (non-hydrogen) atoms. The minimum absolute atomic E-state index is 0.166. The van der Waals surface area contributed by atoms with E-state index in [1.807, 2.05) is 57.2 Å². The summed E-state index contributed by atoms with van der Waals surface area (Å²) >= 11 is 1.25. The van der Waals surface area contributed by atoms with E-state index in [1.165, 1.54) is 11.3 Å². The van der Waals surface area contributed by atoms with Crippen molar-refractivity contribution in [2.45, 2.75) is 32.9 Å². The number of nitrogens with zero attached hydrogens (tertiary/aromatic N) is 4. The highest BCUT2D eigenvalue weighted by Crippen LogP contribution is 2.33. The lowest BCUT2D eigenvalue weighted by Crippen LogP contribution is -2.50. The van der Waals surface area contributed by atoms with Crippen LogP contribution in [0.1, 0.15) is 47.2 Å². The highest BCUT2D eigenvalue weighted by molar-refractivity contribution is 7.14. The zero-order valence-corrected chi connectivity index (χ0v) is 23.2. The fraction of sp³-hybridized carbons (Fsp3) is 0.357. The third-order valence-electron chi connectivity index (χ3n) is 6.50. The summed E-state index contributed by atoms with van der Waals surface area (Å²) in [6, 6.07) is 13.0. The number of ether oxygens (including phenoxy) is 2. The molecule has 0 unspecified atom stereocenters. The summed E-state index contributed by atoms with van der Waals surface area (Å²) in [4.78, 5) is 48.5. The van der Waals surface area contributed by atoms with Gasteiger partial charge in [-0.1, -0.05) is 18.2 Å². The molecule has 10 nitrogen and oxygen atoms in total. The van der Waals surface area contributed by atoms with E-state index in [0.717, 1.165) is 11.3 Å². The van der Waals surface area contributed by atoms with Crippen molar-refractivity contribution < 1.29 is 23.9 Å². The van der Waals surface area contributed by atoms with Gasteiger partial charge in [0.25, 0.3) is 11.8 Å². The van der Waals surface area contributed by atoms with Gasteiger partial charge in [0.15, 0.2) is 5.13 Å². The van der Waals surface area contributed by atoms with E-state index in [1.54, 1.807) is 28.4 Å². The Hall–Kier alpha value is -4.12. The van der Waals surface area contributed by atoms with Gasteiger partial charge in [-0.3, -0.25) is 14.5 Å². The quantitative estimate of drug-likeness (QED) is 0.495. The molecule has 0 radical (unpaired) electrons. The first-order chi connectivity index (χ1) is 18.6. The van der Waals surface area contributed by atoms with Gasteiger partial charge in [0, 0.05) is 37.1 Å². The molecule has 2 aromatic carbocycles. The standard InChI is InChI=1S/C28H31N5O5S/c1-28(2,3)38-27(36)32-13-11-31(12-14-32)23-8-6-5-7-21(23)29-24(34)22-17-39-26(30-22)33-16-18-9-10-19(37-4)15-20(18)25(33)35/h5-10,15,17H,11-14,16H2,1-4H3,(H,29,34). The molecule has 11 heteroatoms. The number of nitrogens with one attached hydrogen (secondary N) is 1. The summed E-state index contributed by atoms with van der Waals surface area (Å²) in [5, 5.41) is 5.10. The number of benzene rings is 2. The SMILES string of the molecule is COc1ccc2c(c1)C(=O)N(c1nc(C(=O)Nc3ccccc3N3CCN(C(=O)OC(C)(C)C)CC3)cs1)C2.